The highest BCUT2D eigenvalue weighted by molar-refractivity contribution is 5.75. The molecule has 1 N–H and O–H groups in total. The SMILES string of the molecule is CCN1CCN(c2ccc(CNC(=O)CC[C@@H]3CCCO3)cn2)CC1. The number of amides is 1. The molecule has 1 atom stereocenters. The van der Waals surface area contributed by atoms with Crippen LogP contribution in [0, 0.1) is 0 Å². The Hall–Kier alpha value is -1.66. The molecule has 0 unspecified atom stereocenters. The maximum absolute atomic E-state index is 11.9. The van der Waals surface area contributed by atoms with E-state index >= 15 is 0 Å². The van der Waals surface area contributed by atoms with Crippen LogP contribution in [-0.4, -0.2) is 61.2 Å². The van der Waals surface area contributed by atoms with Crippen LogP contribution in [0.15, 0.2) is 18.3 Å². The smallest absolute Gasteiger partial charge is 0.220 e. The maximum Gasteiger partial charge on any atom is 0.220 e. The van der Waals surface area contributed by atoms with Gasteiger partial charge >= 0.3 is 0 Å². The summed E-state index contributed by atoms with van der Waals surface area (Å²) < 4.78 is 5.55. The number of carbonyl (C=O) groups is 1. The number of anilines is 1. The van der Waals surface area contributed by atoms with Gasteiger partial charge in [-0.25, -0.2) is 4.98 Å². The van der Waals surface area contributed by atoms with Crippen LogP contribution in [0.5, 0.6) is 0 Å². The molecule has 1 amide bonds. The molecule has 1 aromatic heterocycles. The van der Waals surface area contributed by atoms with Crippen molar-refractivity contribution in [2.75, 3.05) is 44.2 Å². The van der Waals surface area contributed by atoms with Crippen LogP contribution in [0.25, 0.3) is 0 Å². The summed E-state index contributed by atoms with van der Waals surface area (Å²) in [7, 11) is 0. The fourth-order valence-corrected chi connectivity index (χ4v) is 3.45. The minimum Gasteiger partial charge on any atom is -0.378 e. The van der Waals surface area contributed by atoms with E-state index in [0.29, 0.717) is 13.0 Å². The summed E-state index contributed by atoms with van der Waals surface area (Å²) in [6, 6.07) is 4.13. The first kappa shape index (κ1) is 18.1. The number of carbonyl (C=O) groups excluding carboxylic acids is 1. The van der Waals surface area contributed by atoms with Gasteiger partial charge in [0, 0.05) is 51.9 Å². The van der Waals surface area contributed by atoms with E-state index in [-0.39, 0.29) is 12.0 Å². The molecule has 0 bridgehead atoms. The largest absolute Gasteiger partial charge is 0.378 e. The first-order chi connectivity index (χ1) is 12.2. The Balaban J connectivity index is 1.39. The average molecular weight is 346 g/mol. The Morgan fingerprint density at radius 3 is 2.80 bits per heavy atom. The van der Waals surface area contributed by atoms with Gasteiger partial charge in [-0.3, -0.25) is 4.79 Å². The molecule has 0 spiro atoms. The Kier molecular flexibility index (Phi) is 6.64. The number of likely N-dealkylation sites (N-methyl/N-ethyl adjacent to an activating group) is 1. The molecule has 2 aliphatic heterocycles. The molecule has 0 aromatic carbocycles. The van der Waals surface area contributed by atoms with Crippen molar-refractivity contribution in [2.45, 2.75) is 45.3 Å². The monoisotopic (exact) mass is 346 g/mol. The number of aromatic nitrogens is 1. The lowest BCUT2D eigenvalue weighted by molar-refractivity contribution is -0.121. The number of hydrogen-bond acceptors (Lipinski definition) is 5. The molecule has 3 rings (SSSR count). The van der Waals surface area contributed by atoms with Crippen molar-refractivity contribution in [1.29, 1.82) is 0 Å². The van der Waals surface area contributed by atoms with E-state index in [1.54, 1.807) is 0 Å². The first-order valence-corrected chi connectivity index (χ1v) is 9.55. The second-order valence-corrected chi connectivity index (χ2v) is 6.90. The first-order valence-electron chi connectivity index (χ1n) is 9.55. The lowest BCUT2D eigenvalue weighted by Gasteiger charge is -2.34. The molecule has 6 heteroatoms. The minimum absolute atomic E-state index is 0.0928. The number of piperazine rings is 1. The highest BCUT2D eigenvalue weighted by Gasteiger charge is 2.17. The zero-order valence-corrected chi connectivity index (χ0v) is 15.2. The molecule has 3 heterocycles. The lowest BCUT2D eigenvalue weighted by atomic mass is 10.1. The summed E-state index contributed by atoms with van der Waals surface area (Å²) in [4.78, 5) is 21.3. The van der Waals surface area contributed by atoms with Crippen LogP contribution in [0.4, 0.5) is 5.82 Å². The van der Waals surface area contributed by atoms with Gasteiger partial charge in [-0.05, 0) is 37.4 Å². The van der Waals surface area contributed by atoms with Gasteiger partial charge < -0.3 is 19.9 Å². The van der Waals surface area contributed by atoms with Crippen molar-refractivity contribution < 1.29 is 9.53 Å². The van der Waals surface area contributed by atoms with E-state index in [2.05, 4.69) is 39.2 Å². The number of nitrogens with one attached hydrogen (secondary N) is 1. The molecule has 0 saturated carbocycles. The average Bonchev–Trinajstić information content (AvgIpc) is 3.19. The Morgan fingerprint density at radius 2 is 2.16 bits per heavy atom. The van der Waals surface area contributed by atoms with Gasteiger partial charge in [-0.2, -0.15) is 0 Å². The van der Waals surface area contributed by atoms with Crippen LogP contribution in [0.1, 0.15) is 38.2 Å². The molecule has 0 aliphatic carbocycles. The van der Waals surface area contributed by atoms with E-state index < -0.39 is 0 Å². The van der Waals surface area contributed by atoms with Crippen LogP contribution < -0.4 is 10.2 Å². The lowest BCUT2D eigenvalue weighted by Crippen LogP contribution is -2.46. The predicted molar refractivity (Wildman–Crippen MR) is 98.6 cm³/mol. The van der Waals surface area contributed by atoms with E-state index in [4.69, 9.17) is 4.74 Å². The van der Waals surface area contributed by atoms with Crippen molar-refractivity contribution in [3.8, 4) is 0 Å². The zero-order valence-electron chi connectivity index (χ0n) is 15.2. The number of ether oxygens (including phenoxy) is 1. The minimum atomic E-state index is 0.0928. The van der Waals surface area contributed by atoms with Crippen molar-refractivity contribution in [2.24, 2.45) is 0 Å². The van der Waals surface area contributed by atoms with Crippen molar-refractivity contribution in [3.63, 3.8) is 0 Å². The molecule has 25 heavy (non-hydrogen) atoms. The quantitative estimate of drug-likeness (QED) is 0.816. The molecule has 2 aliphatic rings. The molecular formula is C19H30N4O2. The van der Waals surface area contributed by atoms with E-state index in [9.17, 15) is 4.79 Å². The Labute approximate surface area is 150 Å². The zero-order chi connectivity index (χ0) is 17.5. The van der Waals surface area contributed by atoms with E-state index in [1.807, 2.05) is 6.20 Å². The van der Waals surface area contributed by atoms with Gasteiger partial charge in [0.15, 0.2) is 0 Å². The highest BCUT2D eigenvalue weighted by Crippen LogP contribution is 2.17. The van der Waals surface area contributed by atoms with Gasteiger partial charge in [0.1, 0.15) is 5.82 Å². The third-order valence-electron chi connectivity index (χ3n) is 5.16. The van der Waals surface area contributed by atoms with E-state index in [0.717, 1.165) is 70.0 Å². The summed E-state index contributed by atoms with van der Waals surface area (Å²) in [5, 5.41) is 2.98. The fourth-order valence-electron chi connectivity index (χ4n) is 3.45. The number of rotatable bonds is 7. The highest BCUT2D eigenvalue weighted by atomic mass is 16.5. The van der Waals surface area contributed by atoms with Crippen LogP contribution in [0.2, 0.25) is 0 Å². The molecule has 0 radical (unpaired) electrons. The molecular weight excluding hydrogens is 316 g/mol. The number of pyridine rings is 1. The second kappa shape index (κ2) is 9.15. The topological polar surface area (TPSA) is 57.7 Å². The maximum atomic E-state index is 11.9. The summed E-state index contributed by atoms with van der Waals surface area (Å²) in [5.41, 5.74) is 1.04. The van der Waals surface area contributed by atoms with Crippen molar-refractivity contribution in [1.82, 2.24) is 15.2 Å². The summed E-state index contributed by atoms with van der Waals surface area (Å²) in [6.07, 6.45) is 5.73. The fraction of sp³-hybridized carbons (Fsp3) is 0.684. The van der Waals surface area contributed by atoms with Gasteiger partial charge in [-0.1, -0.05) is 13.0 Å². The van der Waals surface area contributed by atoms with Gasteiger partial charge in [-0.15, -0.1) is 0 Å². The second-order valence-electron chi connectivity index (χ2n) is 6.90. The van der Waals surface area contributed by atoms with Crippen molar-refractivity contribution >= 4 is 11.7 Å². The standard InChI is InChI=1S/C19H30N4O2/c1-2-22-9-11-23(12-10-22)18-7-5-16(14-20-18)15-21-19(24)8-6-17-4-3-13-25-17/h5,7,14,17H,2-4,6,8-13,15H2,1H3,(H,21,24)/t17-/m0/s1. The third kappa shape index (κ3) is 5.41. The Morgan fingerprint density at radius 1 is 1.32 bits per heavy atom. The molecule has 1 aromatic rings. The van der Waals surface area contributed by atoms with Crippen molar-refractivity contribution in [3.05, 3.63) is 23.9 Å². The molecule has 2 saturated heterocycles. The number of nitrogens with zero attached hydrogens (tertiary/aromatic N) is 3. The van der Waals surface area contributed by atoms with Gasteiger partial charge in [0.2, 0.25) is 5.91 Å². The van der Waals surface area contributed by atoms with Crippen LogP contribution >= 0.6 is 0 Å². The normalized spacial score (nSPS) is 21.5. The summed E-state index contributed by atoms with van der Waals surface area (Å²) in [5.74, 6) is 1.12. The van der Waals surface area contributed by atoms with E-state index in [1.165, 1.54) is 0 Å². The summed E-state index contributed by atoms with van der Waals surface area (Å²) >= 11 is 0. The Bertz CT molecular complexity index is 535. The summed E-state index contributed by atoms with van der Waals surface area (Å²) in [6.45, 7) is 8.96. The van der Waals surface area contributed by atoms with Crippen LogP contribution in [-0.2, 0) is 16.1 Å². The molecule has 6 nitrogen and oxygen atoms in total. The molecule has 138 valence electrons. The molecule has 2 fully saturated rings. The van der Waals surface area contributed by atoms with Crippen LogP contribution in [0.3, 0.4) is 0 Å². The van der Waals surface area contributed by atoms with Gasteiger partial charge in [0.25, 0.3) is 0 Å². The van der Waals surface area contributed by atoms with Gasteiger partial charge in [0.05, 0.1) is 6.10 Å². The number of hydrogen-bond donors (Lipinski definition) is 1. The predicted octanol–water partition coefficient (Wildman–Crippen LogP) is 1.80. The third-order valence-corrected chi connectivity index (χ3v) is 5.16.